The van der Waals surface area contributed by atoms with Crippen LogP contribution >= 0.6 is 11.6 Å². The zero-order chi connectivity index (χ0) is 13.8. The van der Waals surface area contributed by atoms with Crippen LogP contribution in [0.15, 0.2) is 40.8 Å². The first-order valence-electron chi connectivity index (χ1n) is 5.78. The van der Waals surface area contributed by atoms with Crippen LogP contribution < -0.4 is 5.32 Å². The minimum absolute atomic E-state index is 0.0985. The molecule has 0 aliphatic rings. The smallest absolute Gasteiger partial charge is 0.404 e. The van der Waals surface area contributed by atoms with E-state index in [-0.39, 0.29) is 11.9 Å². The molecule has 0 saturated heterocycles. The highest BCUT2D eigenvalue weighted by Gasteiger charge is 2.12. The fraction of sp³-hybridized carbons (Fsp3) is 0.231. The highest BCUT2D eigenvalue weighted by atomic mass is 35.5. The summed E-state index contributed by atoms with van der Waals surface area (Å²) in [6.45, 7) is 2.43. The zero-order valence-electron chi connectivity index (χ0n) is 10.3. The molecule has 1 aromatic heterocycles. The van der Waals surface area contributed by atoms with Crippen molar-refractivity contribution in [2.45, 2.75) is 19.5 Å². The van der Waals surface area contributed by atoms with Gasteiger partial charge in [0.15, 0.2) is 0 Å². The second-order valence-electron chi connectivity index (χ2n) is 4.15. The van der Waals surface area contributed by atoms with Gasteiger partial charge in [-0.15, -0.1) is 0 Å². The Hall–Kier alpha value is -1.85. The Bertz CT molecular complexity index is 566. The summed E-state index contributed by atoms with van der Waals surface area (Å²) >= 11 is 5.82. The van der Waals surface area contributed by atoms with Crippen LogP contribution in [0.4, 0.5) is 5.88 Å². The van der Waals surface area contributed by atoms with Gasteiger partial charge in [0.2, 0.25) is 0 Å². The van der Waals surface area contributed by atoms with E-state index in [1.54, 1.807) is 6.07 Å². The van der Waals surface area contributed by atoms with Crippen LogP contribution in [0, 0.1) is 10.1 Å². The van der Waals surface area contributed by atoms with Crippen molar-refractivity contribution >= 4 is 17.5 Å². The molecule has 0 spiro atoms. The van der Waals surface area contributed by atoms with Gasteiger partial charge in [-0.25, -0.2) is 0 Å². The Morgan fingerprint density at radius 1 is 1.32 bits per heavy atom. The zero-order valence-corrected chi connectivity index (χ0v) is 11.1. The Kier molecular flexibility index (Phi) is 4.19. The van der Waals surface area contributed by atoms with Crippen LogP contribution in [-0.2, 0) is 6.54 Å². The van der Waals surface area contributed by atoms with Crippen LogP contribution in [0.1, 0.15) is 24.3 Å². The standard InChI is InChI=1S/C13H13ClN2O3/c1-9(10-2-4-11(14)5-3-10)15-8-12-6-7-13(19-12)16(17)18/h2-7,9,15H,8H2,1H3/t9-/m1/s1. The Morgan fingerprint density at radius 2 is 2.00 bits per heavy atom. The fourth-order valence-electron chi connectivity index (χ4n) is 1.68. The SMILES string of the molecule is C[C@@H](NCc1ccc([N+](=O)[O-])o1)c1ccc(Cl)cc1. The number of rotatable bonds is 5. The first kappa shape index (κ1) is 13.6. The third kappa shape index (κ3) is 3.56. The second-order valence-corrected chi connectivity index (χ2v) is 4.59. The maximum absolute atomic E-state index is 10.5. The van der Waals surface area contributed by atoms with E-state index in [9.17, 15) is 10.1 Å². The predicted octanol–water partition coefficient (Wildman–Crippen LogP) is 3.69. The molecule has 0 unspecified atom stereocenters. The summed E-state index contributed by atoms with van der Waals surface area (Å²) < 4.78 is 5.07. The Morgan fingerprint density at radius 3 is 2.58 bits per heavy atom. The first-order chi connectivity index (χ1) is 9.06. The van der Waals surface area contributed by atoms with E-state index in [1.807, 2.05) is 31.2 Å². The second kappa shape index (κ2) is 5.86. The molecule has 6 heteroatoms. The number of hydrogen-bond acceptors (Lipinski definition) is 4. The third-order valence-corrected chi connectivity index (χ3v) is 3.03. The molecule has 0 saturated carbocycles. The van der Waals surface area contributed by atoms with E-state index in [0.29, 0.717) is 17.3 Å². The van der Waals surface area contributed by atoms with Gasteiger partial charge in [-0.3, -0.25) is 10.1 Å². The van der Waals surface area contributed by atoms with Gasteiger partial charge in [-0.2, -0.15) is 0 Å². The topological polar surface area (TPSA) is 68.3 Å². The Balaban J connectivity index is 1.94. The molecule has 0 bridgehead atoms. The lowest BCUT2D eigenvalue weighted by Gasteiger charge is -2.13. The summed E-state index contributed by atoms with van der Waals surface area (Å²) in [6.07, 6.45) is 0. The van der Waals surface area contributed by atoms with Gasteiger partial charge in [0.05, 0.1) is 12.6 Å². The number of benzene rings is 1. The lowest BCUT2D eigenvalue weighted by atomic mass is 10.1. The lowest BCUT2D eigenvalue weighted by Crippen LogP contribution is -2.17. The average Bonchev–Trinajstić information content (AvgIpc) is 2.86. The van der Waals surface area contributed by atoms with Crippen LogP contribution in [0.5, 0.6) is 0 Å². The van der Waals surface area contributed by atoms with E-state index < -0.39 is 4.92 Å². The molecule has 1 N–H and O–H groups in total. The van der Waals surface area contributed by atoms with E-state index >= 15 is 0 Å². The van der Waals surface area contributed by atoms with Crippen molar-refractivity contribution in [2.24, 2.45) is 0 Å². The summed E-state index contributed by atoms with van der Waals surface area (Å²) in [4.78, 5) is 9.94. The van der Waals surface area contributed by atoms with Crippen molar-refractivity contribution in [3.63, 3.8) is 0 Å². The highest BCUT2D eigenvalue weighted by Crippen LogP contribution is 2.18. The molecule has 1 heterocycles. The number of furan rings is 1. The summed E-state index contributed by atoms with van der Waals surface area (Å²) in [5.74, 6) is 0.295. The van der Waals surface area contributed by atoms with Crippen LogP contribution in [-0.4, -0.2) is 4.92 Å². The van der Waals surface area contributed by atoms with Crippen molar-refractivity contribution in [1.82, 2.24) is 5.32 Å². The Labute approximate surface area is 115 Å². The highest BCUT2D eigenvalue weighted by molar-refractivity contribution is 6.30. The molecule has 100 valence electrons. The molecule has 1 aromatic carbocycles. The third-order valence-electron chi connectivity index (χ3n) is 2.78. The summed E-state index contributed by atoms with van der Waals surface area (Å²) in [5.41, 5.74) is 1.09. The van der Waals surface area contributed by atoms with Crippen molar-refractivity contribution in [3.05, 3.63) is 62.9 Å². The maximum Gasteiger partial charge on any atom is 0.433 e. The maximum atomic E-state index is 10.5. The molecule has 19 heavy (non-hydrogen) atoms. The van der Waals surface area contributed by atoms with Gasteiger partial charge < -0.3 is 9.73 Å². The van der Waals surface area contributed by atoms with Crippen LogP contribution in [0.2, 0.25) is 5.02 Å². The van der Waals surface area contributed by atoms with E-state index in [2.05, 4.69) is 5.32 Å². The van der Waals surface area contributed by atoms with Crippen LogP contribution in [0.3, 0.4) is 0 Å². The van der Waals surface area contributed by atoms with Gasteiger partial charge in [0.1, 0.15) is 10.7 Å². The molecule has 2 aromatic rings. The van der Waals surface area contributed by atoms with E-state index in [4.69, 9.17) is 16.0 Å². The van der Waals surface area contributed by atoms with Crippen molar-refractivity contribution in [3.8, 4) is 0 Å². The molecule has 2 rings (SSSR count). The van der Waals surface area contributed by atoms with Crippen molar-refractivity contribution in [2.75, 3.05) is 0 Å². The normalized spacial score (nSPS) is 12.3. The number of hydrogen-bond donors (Lipinski definition) is 1. The minimum atomic E-state index is -0.549. The number of nitrogens with one attached hydrogen (secondary N) is 1. The molecule has 0 aliphatic heterocycles. The van der Waals surface area contributed by atoms with Crippen LogP contribution in [0.25, 0.3) is 0 Å². The summed E-state index contributed by atoms with van der Waals surface area (Å²) in [6, 6.07) is 10.6. The molecule has 0 amide bonds. The summed E-state index contributed by atoms with van der Waals surface area (Å²) in [7, 11) is 0. The molecule has 0 radical (unpaired) electrons. The minimum Gasteiger partial charge on any atom is -0.404 e. The number of nitrogens with zero attached hydrogens (tertiary/aromatic N) is 1. The molecular weight excluding hydrogens is 268 g/mol. The van der Waals surface area contributed by atoms with Crippen molar-refractivity contribution in [1.29, 1.82) is 0 Å². The largest absolute Gasteiger partial charge is 0.433 e. The van der Waals surface area contributed by atoms with Crippen molar-refractivity contribution < 1.29 is 9.34 Å². The quantitative estimate of drug-likeness (QED) is 0.670. The van der Waals surface area contributed by atoms with Gasteiger partial charge in [-0.05, 0) is 30.7 Å². The number of halogens is 1. The molecule has 1 atom stereocenters. The van der Waals surface area contributed by atoms with E-state index in [1.165, 1.54) is 6.07 Å². The fourth-order valence-corrected chi connectivity index (χ4v) is 1.81. The molecule has 0 fully saturated rings. The van der Waals surface area contributed by atoms with Gasteiger partial charge in [-0.1, -0.05) is 23.7 Å². The summed E-state index contributed by atoms with van der Waals surface area (Å²) in [5, 5.41) is 14.4. The monoisotopic (exact) mass is 280 g/mol. The van der Waals surface area contributed by atoms with Gasteiger partial charge >= 0.3 is 5.88 Å². The lowest BCUT2D eigenvalue weighted by molar-refractivity contribution is -0.402. The predicted molar refractivity (Wildman–Crippen MR) is 72.1 cm³/mol. The molecule has 0 aliphatic carbocycles. The number of nitro groups is 1. The van der Waals surface area contributed by atoms with Gasteiger partial charge in [0.25, 0.3) is 0 Å². The molecule has 5 nitrogen and oxygen atoms in total. The van der Waals surface area contributed by atoms with E-state index in [0.717, 1.165) is 5.56 Å². The average molecular weight is 281 g/mol. The first-order valence-corrected chi connectivity index (χ1v) is 6.16. The molecular formula is C13H13ClN2O3. The van der Waals surface area contributed by atoms with Gasteiger partial charge in [0, 0.05) is 11.1 Å².